The predicted octanol–water partition coefficient (Wildman–Crippen LogP) is 2.37. The van der Waals surface area contributed by atoms with Crippen molar-refractivity contribution in [2.75, 3.05) is 0 Å². The summed E-state index contributed by atoms with van der Waals surface area (Å²) in [7, 11) is 0. The van der Waals surface area contributed by atoms with Crippen molar-refractivity contribution < 1.29 is 4.52 Å². The maximum atomic E-state index is 5.66. The molecular formula is C12H15N3O. The van der Waals surface area contributed by atoms with E-state index in [1.54, 1.807) is 0 Å². The van der Waals surface area contributed by atoms with Crippen molar-refractivity contribution in [2.24, 2.45) is 5.73 Å². The molecule has 0 unspecified atom stereocenters. The molecule has 2 aromatic rings. The molecule has 1 aromatic heterocycles. The molecule has 4 heteroatoms. The number of hydrogen-bond acceptors (Lipinski definition) is 4. The lowest BCUT2D eigenvalue weighted by molar-refractivity contribution is 0.362. The second kappa shape index (κ2) is 4.06. The number of nitrogens with two attached hydrogens (primary N) is 1. The molecule has 0 fully saturated rings. The molecule has 0 amide bonds. The van der Waals surface area contributed by atoms with Gasteiger partial charge in [-0.05, 0) is 38.0 Å². The lowest BCUT2D eigenvalue weighted by Gasteiger charge is -2.00. The first-order chi connectivity index (χ1) is 7.58. The smallest absolute Gasteiger partial charge is 0.243 e. The van der Waals surface area contributed by atoms with E-state index in [0.717, 1.165) is 5.56 Å². The normalized spacial score (nSPS) is 12.8. The van der Waals surface area contributed by atoms with Crippen LogP contribution < -0.4 is 5.73 Å². The van der Waals surface area contributed by atoms with Crippen LogP contribution in [0.25, 0.3) is 11.4 Å². The summed E-state index contributed by atoms with van der Waals surface area (Å²) >= 11 is 0. The molecule has 0 radical (unpaired) electrons. The van der Waals surface area contributed by atoms with E-state index in [0.29, 0.717) is 11.7 Å². The van der Waals surface area contributed by atoms with Crippen LogP contribution in [0, 0.1) is 13.8 Å². The highest BCUT2D eigenvalue weighted by molar-refractivity contribution is 5.56. The maximum absolute atomic E-state index is 5.66. The highest BCUT2D eigenvalue weighted by Crippen LogP contribution is 2.20. The Bertz CT molecular complexity index is 503. The Kier molecular flexibility index (Phi) is 2.75. The third-order valence-corrected chi connectivity index (χ3v) is 2.60. The van der Waals surface area contributed by atoms with Crippen LogP contribution in [-0.2, 0) is 0 Å². The van der Waals surface area contributed by atoms with Gasteiger partial charge < -0.3 is 10.3 Å². The molecule has 2 rings (SSSR count). The van der Waals surface area contributed by atoms with Crippen LogP contribution in [0.4, 0.5) is 0 Å². The van der Waals surface area contributed by atoms with Crippen molar-refractivity contribution in [3.8, 4) is 11.4 Å². The summed E-state index contributed by atoms with van der Waals surface area (Å²) in [4.78, 5) is 4.25. The first kappa shape index (κ1) is 10.8. The van der Waals surface area contributed by atoms with Gasteiger partial charge in [0.25, 0.3) is 0 Å². The second-order valence-electron chi connectivity index (χ2n) is 4.04. The summed E-state index contributed by atoms with van der Waals surface area (Å²) in [6.45, 7) is 5.95. The average molecular weight is 217 g/mol. The van der Waals surface area contributed by atoms with Gasteiger partial charge in [0.1, 0.15) is 0 Å². The molecule has 84 valence electrons. The molecule has 0 saturated carbocycles. The van der Waals surface area contributed by atoms with Gasteiger partial charge in [-0.1, -0.05) is 17.3 Å². The van der Waals surface area contributed by atoms with Crippen LogP contribution in [0.15, 0.2) is 22.7 Å². The van der Waals surface area contributed by atoms with Gasteiger partial charge in [0.2, 0.25) is 11.7 Å². The van der Waals surface area contributed by atoms with Gasteiger partial charge in [0.15, 0.2) is 0 Å². The third-order valence-electron chi connectivity index (χ3n) is 2.60. The van der Waals surface area contributed by atoms with E-state index >= 15 is 0 Å². The summed E-state index contributed by atoms with van der Waals surface area (Å²) < 4.78 is 5.06. The molecule has 1 heterocycles. The number of aryl methyl sites for hydroxylation is 2. The topological polar surface area (TPSA) is 64.9 Å². The van der Waals surface area contributed by atoms with E-state index in [9.17, 15) is 0 Å². The van der Waals surface area contributed by atoms with Crippen molar-refractivity contribution >= 4 is 0 Å². The molecule has 0 aliphatic carbocycles. The van der Waals surface area contributed by atoms with Gasteiger partial charge in [0, 0.05) is 5.56 Å². The molecule has 4 nitrogen and oxygen atoms in total. The van der Waals surface area contributed by atoms with Gasteiger partial charge in [-0.2, -0.15) is 4.98 Å². The number of benzene rings is 1. The van der Waals surface area contributed by atoms with Crippen molar-refractivity contribution in [3.63, 3.8) is 0 Å². The fraction of sp³-hybridized carbons (Fsp3) is 0.333. The van der Waals surface area contributed by atoms with E-state index in [-0.39, 0.29) is 6.04 Å². The van der Waals surface area contributed by atoms with E-state index in [2.05, 4.69) is 24.0 Å². The number of rotatable bonds is 2. The first-order valence-electron chi connectivity index (χ1n) is 5.24. The highest BCUT2D eigenvalue weighted by Gasteiger charge is 2.11. The minimum atomic E-state index is -0.229. The largest absolute Gasteiger partial charge is 0.337 e. The monoisotopic (exact) mass is 217 g/mol. The molecule has 0 aliphatic rings. The number of hydrogen-bond donors (Lipinski definition) is 1. The Morgan fingerprint density at radius 1 is 1.25 bits per heavy atom. The van der Waals surface area contributed by atoms with E-state index < -0.39 is 0 Å². The fourth-order valence-electron chi connectivity index (χ4n) is 1.42. The first-order valence-corrected chi connectivity index (χ1v) is 5.24. The number of nitrogens with zero attached hydrogens (tertiary/aromatic N) is 2. The number of aromatic nitrogens is 2. The molecule has 1 aromatic carbocycles. The Labute approximate surface area is 94.5 Å². The molecule has 0 saturated heterocycles. The van der Waals surface area contributed by atoms with Crippen LogP contribution in [0.3, 0.4) is 0 Å². The van der Waals surface area contributed by atoms with Crippen molar-refractivity contribution in [2.45, 2.75) is 26.8 Å². The molecule has 0 spiro atoms. The molecule has 0 bridgehead atoms. The van der Waals surface area contributed by atoms with E-state index in [1.807, 2.05) is 25.1 Å². The second-order valence-corrected chi connectivity index (χ2v) is 4.04. The van der Waals surface area contributed by atoms with Crippen molar-refractivity contribution in [1.29, 1.82) is 0 Å². The van der Waals surface area contributed by atoms with Gasteiger partial charge in [0.05, 0.1) is 6.04 Å². The summed E-state index contributed by atoms with van der Waals surface area (Å²) in [5, 5.41) is 3.91. The maximum Gasteiger partial charge on any atom is 0.243 e. The SMILES string of the molecule is Cc1ccc(-c2noc([C@@H](C)N)n2)cc1C. The zero-order valence-electron chi connectivity index (χ0n) is 9.69. The van der Waals surface area contributed by atoms with Crippen LogP contribution in [0.1, 0.15) is 30.0 Å². The van der Waals surface area contributed by atoms with Crippen LogP contribution >= 0.6 is 0 Å². The molecule has 1 atom stereocenters. The zero-order chi connectivity index (χ0) is 11.7. The highest BCUT2D eigenvalue weighted by atomic mass is 16.5. The Morgan fingerprint density at radius 3 is 2.56 bits per heavy atom. The summed E-state index contributed by atoms with van der Waals surface area (Å²) in [5.41, 5.74) is 9.08. The van der Waals surface area contributed by atoms with Crippen molar-refractivity contribution in [3.05, 3.63) is 35.2 Å². The van der Waals surface area contributed by atoms with Crippen LogP contribution in [0.2, 0.25) is 0 Å². The predicted molar refractivity (Wildman–Crippen MR) is 61.8 cm³/mol. The quantitative estimate of drug-likeness (QED) is 0.838. The summed E-state index contributed by atoms with van der Waals surface area (Å²) in [6.07, 6.45) is 0. The lowest BCUT2D eigenvalue weighted by atomic mass is 10.1. The molecule has 2 N–H and O–H groups in total. The van der Waals surface area contributed by atoms with E-state index in [1.165, 1.54) is 11.1 Å². The van der Waals surface area contributed by atoms with Gasteiger partial charge >= 0.3 is 0 Å². The Balaban J connectivity index is 2.39. The minimum absolute atomic E-state index is 0.229. The zero-order valence-corrected chi connectivity index (χ0v) is 9.69. The van der Waals surface area contributed by atoms with Crippen molar-refractivity contribution in [1.82, 2.24) is 10.1 Å². The fourth-order valence-corrected chi connectivity index (χ4v) is 1.42. The van der Waals surface area contributed by atoms with Gasteiger partial charge in [-0.3, -0.25) is 0 Å². The summed E-state index contributed by atoms with van der Waals surface area (Å²) in [6, 6.07) is 5.85. The lowest BCUT2D eigenvalue weighted by Crippen LogP contribution is -2.04. The Morgan fingerprint density at radius 2 is 2.00 bits per heavy atom. The van der Waals surface area contributed by atoms with Gasteiger partial charge in [-0.25, -0.2) is 0 Å². The molecule has 0 aliphatic heterocycles. The Hall–Kier alpha value is -1.68. The minimum Gasteiger partial charge on any atom is -0.337 e. The average Bonchev–Trinajstić information content (AvgIpc) is 2.71. The molecule has 16 heavy (non-hydrogen) atoms. The van der Waals surface area contributed by atoms with Crippen LogP contribution in [0.5, 0.6) is 0 Å². The van der Waals surface area contributed by atoms with Crippen LogP contribution in [-0.4, -0.2) is 10.1 Å². The molecular weight excluding hydrogens is 202 g/mol. The van der Waals surface area contributed by atoms with Gasteiger partial charge in [-0.15, -0.1) is 0 Å². The third kappa shape index (κ3) is 1.97. The van der Waals surface area contributed by atoms with E-state index in [4.69, 9.17) is 10.3 Å². The summed E-state index contributed by atoms with van der Waals surface area (Å²) in [5.74, 6) is 1.06. The standard InChI is InChI=1S/C12H15N3O/c1-7-4-5-10(6-8(7)2)11-14-12(9(3)13)16-15-11/h4-6,9H,13H2,1-3H3/t9-/m1/s1.